The summed E-state index contributed by atoms with van der Waals surface area (Å²) in [7, 11) is 5.55. The van der Waals surface area contributed by atoms with E-state index in [1.165, 1.54) is 31.3 Å². The van der Waals surface area contributed by atoms with Gasteiger partial charge in [0, 0.05) is 19.8 Å². The van der Waals surface area contributed by atoms with E-state index in [1.54, 1.807) is 20.2 Å². The molecule has 23 heavy (non-hydrogen) atoms. The van der Waals surface area contributed by atoms with Gasteiger partial charge >= 0.3 is 11.9 Å². The minimum absolute atomic E-state index is 0.134. The van der Waals surface area contributed by atoms with Crippen LogP contribution < -0.4 is 5.32 Å². The van der Waals surface area contributed by atoms with Crippen LogP contribution in [0.2, 0.25) is 5.02 Å². The van der Waals surface area contributed by atoms with Crippen molar-refractivity contribution in [2.24, 2.45) is 0 Å². The van der Waals surface area contributed by atoms with Crippen LogP contribution >= 0.6 is 11.6 Å². The van der Waals surface area contributed by atoms with Gasteiger partial charge in [0.1, 0.15) is 5.70 Å². The second kappa shape index (κ2) is 8.19. The molecule has 1 aromatic carbocycles. The monoisotopic (exact) mass is 340 g/mol. The summed E-state index contributed by atoms with van der Waals surface area (Å²) < 4.78 is 9.07. The van der Waals surface area contributed by atoms with Crippen LogP contribution in [-0.4, -0.2) is 51.1 Å². The van der Waals surface area contributed by atoms with Crippen LogP contribution in [0.25, 0.3) is 0 Å². The van der Waals surface area contributed by atoms with Gasteiger partial charge in [-0.1, -0.05) is 11.6 Å². The minimum atomic E-state index is -0.758. The van der Waals surface area contributed by atoms with Gasteiger partial charge in [-0.2, -0.15) is 0 Å². The highest BCUT2D eigenvalue weighted by molar-refractivity contribution is 6.34. The van der Waals surface area contributed by atoms with E-state index in [1.807, 2.05) is 0 Å². The summed E-state index contributed by atoms with van der Waals surface area (Å²) in [6, 6.07) is 4.54. The number of anilines is 1. The van der Waals surface area contributed by atoms with E-state index in [0.29, 0.717) is 5.69 Å². The molecular weight excluding hydrogens is 324 g/mol. The molecule has 0 saturated carbocycles. The lowest BCUT2D eigenvalue weighted by Gasteiger charge is -2.14. The molecule has 0 heterocycles. The van der Waals surface area contributed by atoms with E-state index in [0.717, 1.165) is 6.08 Å². The predicted octanol–water partition coefficient (Wildman–Crippen LogP) is 1.68. The number of methoxy groups -OCH3 is 2. The molecule has 1 aromatic rings. The van der Waals surface area contributed by atoms with E-state index in [2.05, 4.69) is 14.8 Å². The summed E-state index contributed by atoms with van der Waals surface area (Å²) in [4.78, 5) is 36.4. The molecule has 0 spiro atoms. The Hall–Kier alpha value is -2.54. The number of hydrogen-bond donors (Lipinski definition) is 1. The van der Waals surface area contributed by atoms with Crippen LogP contribution in [0.15, 0.2) is 30.0 Å². The Morgan fingerprint density at radius 1 is 1.17 bits per heavy atom. The molecule has 7 nitrogen and oxygen atoms in total. The average Bonchev–Trinajstić information content (AvgIpc) is 2.54. The Labute approximate surface area is 138 Å². The summed E-state index contributed by atoms with van der Waals surface area (Å²) in [5.74, 6) is -1.78. The Morgan fingerprint density at radius 2 is 1.83 bits per heavy atom. The van der Waals surface area contributed by atoms with Gasteiger partial charge in [-0.05, 0) is 18.2 Å². The molecule has 0 fully saturated rings. The molecule has 0 aliphatic carbocycles. The molecule has 1 amide bonds. The Morgan fingerprint density at radius 3 is 2.35 bits per heavy atom. The fourth-order valence-corrected chi connectivity index (χ4v) is 1.79. The third-order valence-corrected chi connectivity index (χ3v) is 3.08. The number of rotatable bonds is 5. The lowest BCUT2D eigenvalue weighted by atomic mass is 10.1. The SMILES string of the molecule is COC(=O)/C=C(/Nc1ccc(Cl)c(C(=O)N(C)C)c1)C(=O)OC. The fourth-order valence-electron chi connectivity index (χ4n) is 1.60. The second-order valence-corrected chi connectivity index (χ2v) is 5.00. The summed E-state index contributed by atoms with van der Waals surface area (Å²) in [5.41, 5.74) is 0.508. The molecular formula is C15H17ClN2O5. The van der Waals surface area contributed by atoms with Crippen LogP contribution in [-0.2, 0) is 19.1 Å². The molecule has 1 N–H and O–H groups in total. The van der Waals surface area contributed by atoms with Gasteiger partial charge in [-0.25, -0.2) is 9.59 Å². The first-order valence-corrected chi connectivity index (χ1v) is 6.84. The number of nitrogens with zero attached hydrogens (tertiary/aromatic N) is 1. The lowest BCUT2D eigenvalue weighted by Crippen LogP contribution is -2.22. The van der Waals surface area contributed by atoms with Gasteiger partial charge in [0.15, 0.2) is 0 Å². The number of amides is 1. The van der Waals surface area contributed by atoms with Gasteiger partial charge in [0.25, 0.3) is 5.91 Å². The van der Waals surface area contributed by atoms with Crippen molar-refractivity contribution in [1.29, 1.82) is 0 Å². The summed E-state index contributed by atoms with van der Waals surface area (Å²) in [6.07, 6.45) is 0.952. The number of halogens is 1. The molecule has 0 aromatic heterocycles. The summed E-state index contributed by atoms with van der Waals surface area (Å²) in [6.45, 7) is 0. The number of ether oxygens (including phenoxy) is 2. The number of nitrogens with one attached hydrogen (secondary N) is 1. The van der Waals surface area contributed by atoms with E-state index in [4.69, 9.17) is 11.6 Å². The molecule has 0 saturated heterocycles. The highest BCUT2D eigenvalue weighted by Crippen LogP contribution is 2.22. The van der Waals surface area contributed by atoms with E-state index in [-0.39, 0.29) is 22.2 Å². The minimum Gasteiger partial charge on any atom is -0.466 e. The Kier molecular flexibility index (Phi) is 6.59. The topological polar surface area (TPSA) is 84.9 Å². The number of carbonyl (C=O) groups is 3. The molecule has 0 unspecified atom stereocenters. The van der Waals surface area contributed by atoms with E-state index < -0.39 is 11.9 Å². The fraction of sp³-hybridized carbons (Fsp3) is 0.267. The molecule has 1 rings (SSSR count). The lowest BCUT2D eigenvalue weighted by molar-refractivity contribution is -0.138. The maximum absolute atomic E-state index is 12.1. The summed E-state index contributed by atoms with van der Waals surface area (Å²) in [5, 5.41) is 2.98. The first kappa shape index (κ1) is 18.5. The third-order valence-electron chi connectivity index (χ3n) is 2.75. The first-order valence-electron chi connectivity index (χ1n) is 6.46. The van der Waals surface area contributed by atoms with Crippen molar-refractivity contribution >= 4 is 35.1 Å². The largest absolute Gasteiger partial charge is 0.466 e. The maximum Gasteiger partial charge on any atom is 0.354 e. The van der Waals surface area contributed by atoms with Crippen LogP contribution in [0.1, 0.15) is 10.4 Å². The first-order chi connectivity index (χ1) is 10.8. The van der Waals surface area contributed by atoms with Crippen molar-refractivity contribution in [2.45, 2.75) is 0 Å². The summed E-state index contributed by atoms with van der Waals surface area (Å²) >= 11 is 6.01. The van der Waals surface area contributed by atoms with Crippen molar-refractivity contribution in [3.8, 4) is 0 Å². The van der Waals surface area contributed by atoms with Gasteiger partial charge in [0.05, 0.1) is 30.9 Å². The molecule has 0 aliphatic heterocycles. The second-order valence-electron chi connectivity index (χ2n) is 4.59. The number of esters is 2. The molecule has 0 radical (unpaired) electrons. The van der Waals surface area contributed by atoms with Gasteiger partial charge in [-0.15, -0.1) is 0 Å². The van der Waals surface area contributed by atoms with Crippen LogP contribution in [0.4, 0.5) is 5.69 Å². The van der Waals surface area contributed by atoms with Crippen molar-refractivity contribution in [3.05, 3.63) is 40.6 Å². The van der Waals surface area contributed by atoms with Gasteiger partial charge < -0.3 is 19.7 Å². The average molecular weight is 341 g/mol. The van der Waals surface area contributed by atoms with Crippen LogP contribution in [0, 0.1) is 0 Å². The molecule has 0 bridgehead atoms. The van der Waals surface area contributed by atoms with Gasteiger partial charge in [0.2, 0.25) is 0 Å². The van der Waals surface area contributed by atoms with Crippen molar-refractivity contribution < 1.29 is 23.9 Å². The zero-order chi connectivity index (χ0) is 17.6. The van der Waals surface area contributed by atoms with E-state index in [9.17, 15) is 14.4 Å². The molecule has 0 atom stereocenters. The standard InChI is InChI=1S/C15H17ClN2O5/c1-18(2)14(20)10-7-9(5-6-11(10)16)17-12(15(21)23-4)8-13(19)22-3/h5-8,17H,1-4H3/b12-8+. The van der Waals surface area contributed by atoms with E-state index >= 15 is 0 Å². The van der Waals surface area contributed by atoms with Gasteiger partial charge in [-0.3, -0.25) is 4.79 Å². The molecule has 124 valence electrons. The molecule has 8 heteroatoms. The van der Waals surface area contributed by atoms with Crippen LogP contribution in [0.5, 0.6) is 0 Å². The van der Waals surface area contributed by atoms with Crippen molar-refractivity contribution in [3.63, 3.8) is 0 Å². The highest BCUT2D eigenvalue weighted by atomic mass is 35.5. The smallest absolute Gasteiger partial charge is 0.354 e. The Bertz CT molecular complexity index is 655. The quantitative estimate of drug-likeness (QED) is 0.648. The predicted molar refractivity (Wildman–Crippen MR) is 85.2 cm³/mol. The zero-order valence-corrected chi connectivity index (χ0v) is 13.9. The Balaban J connectivity index is 3.17. The third kappa shape index (κ3) is 5.00. The van der Waals surface area contributed by atoms with Crippen molar-refractivity contribution in [1.82, 2.24) is 4.90 Å². The zero-order valence-electron chi connectivity index (χ0n) is 13.2. The van der Waals surface area contributed by atoms with Crippen LogP contribution in [0.3, 0.4) is 0 Å². The van der Waals surface area contributed by atoms with Crippen molar-refractivity contribution in [2.75, 3.05) is 33.6 Å². The maximum atomic E-state index is 12.1. The molecule has 0 aliphatic rings. The number of hydrogen-bond acceptors (Lipinski definition) is 6. The number of benzene rings is 1. The normalized spacial score (nSPS) is 10.7. The highest BCUT2D eigenvalue weighted by Gasteiger charge is 2.16. The number of carbonyl (C=O) groups excluding carboxylic acids is 3.